The van der Waals surface area contributed by atoms with Crippen LogP contribution in [0.1, 0.15) is 81.5 Å². The first-order valence-corrected chi connectivity index (χ1v) is 13.4. The molecule has 196 valence electrons. The molecule has 1 aromatic heterocycles. The van der Waals surface area contributed by atoms with Crippen molar-refractivity contribution >= 4 is 28.9 Å². The lowest BCUT2D eigenvalue weighted by atomic mass is 9.68. The van der Waals surface area contributed by atoms with Crippen LogP contribution in [-0.2, 0) is 14.3 Å². The number of aliphatic hydroxyl groups excluding tert-OH is 2. The molecule has 0 bridgehead atoms. The van der Waals surface area contributed by atoms with E-state index in [1.165, 1.54) is 11.3 Å². The van der Waals surface area contributed by atoms with Gasteiger partial charge in [0.2, 0.25) is 0 Å². The molecule has 0 unspecified atom stereocenters. The van der Waals surface area contributed by atoms with Crippen molar-refractivity contribution in [2.45, 2.75) is 66.2 Å². The molecule has 37 heavy (non-hydrogen) atoms. The molecule has 0 atom stereocenters. The molecule has 2 aliphatic carbocycles. The third-order valence-corrected chi connectivity index (χ3v) is 8.16. The van der Waals surface area contributed by atoms with Gasteiger partial charge >= 0.3 is 5.97 Å². The maximum atomic E-state index is 13.4. The highest BCUT2D eigenvalue weighted by Crippen LogP contribution is 2.49. The fraction of sp³-hybridized carbons (Fsp3) is 0.433. The number of aliphatic hydroxyl groups is 2. The maximum Gasteiger partial charge on any atom is 0.338 e. The molecule has 0 radical (unpaired) electrons. The fourth-order valence-corrected chi connectivity index (χ4v) is 6.47. The van der Waals surface area contributed by atoms with Crippen LogP contribution < -0.4 is 0 Å². The lowest BCUT2D eigenvalue weighted by Gasteiger charge is -2.36. The van der Waals surface area contributed by atoms with Gasteiger partial charge in [-0.25, -0.2) is 4.79 Å². The van der Waals surface area contributed by atoms with E-state index < -0.39 is 5.92 Å². The zero-order valence-corrected chi connectivity index (χ0v) is 22.8. The normalized spacial score (nSPS) is 19.5. The number of thiophene rings is 1. The summed E-state index contributed by atoms with van der Waals surface area (Å²) in [6.07, 6.45) is 1.16. The fourth-order valence-electron chi connectivity index (χ4n) is 5.34. The second-order valence-corrected chi connectivity index (χ2v) is 12.7. The highest BCUT2D eigenvalue weighted by atomic mass is 32.1. The van der Waals surface area contributed by atoms with E-state index in [0.717, 1.165) is 10.4 Å². The van der Waals surface area contributed by atoms with Crippen molar-refractivity contribution in [3.63, 3.8) is 0 Å². The van der Waals surface area contributed by atoms with Crippen LogP contribution >= 0.6 is 11.3 Å². The third-order valence-electron chi connectivity index (χ3n) is 6.96. The molecule has 6 nitrogen and oxygen atoms in total. The van der Waals surface area contributed by atoms with Crippen LogP contribution in [0.15, 0.2) is 59.1 Å². The van der Waals surface area contributed by atoms with E-state index in [4.69, 9.17) is 4.74 Å². The van der Waals surface area contributed by atoms with E-state index in [1.807, 2.05) is 52.0 Å². The molecule has 0 spiro atoms. The molecule has 2 aromatic rings. The number of carbonyl (C=O) groups excluding carboxylic acids is 3. The SMILES string of the molecule is CCOC(=O)c1ccc(-c2ccc(C(C3=C(O)CC(C)(C)CC3=O)C3=C(O)CC(C)(C)CC3=O)s2)cc1. The molecule has 1 heterocycles. The van der Waals surface area contributed by atoms with Gasteiger partial charge in [-0.3, -0.25) is 9.59 Å². The van der Waals surface area contributed by atoms with Crippen molar-refractivity contribution in [1.82, 2.24) is 0 Å². The van der Waals surface area contributed by atoms with Crippen LogP contribution in [-0.4, -0.2) is 34.4 Å². The minimum atomic E-state index is -0.829. The van der Waals surface area contributed by atoms with E-state index in [1.54, 1.807) is 19.1 Å². The van der Waals surface area contributed by atoms with Crippen LogP contribution in [0.5, 0.6) is 0 Å². The summed E-state index contributed by atoms with van der Waals surface area (Å²) >= 11 is 1.40. The van der Waals surface area contributed by atoms with Gasteiger partial charge in [-0.2, -0.15) is 0 Å². The Kier molecular flexibility index (Phi) is 7.21. The summed E-state index contributed by atoms with van der Waals surface area (Å²) in [6, 6.07) is 10.8. The molecule has 0 fully saturated rings. The topological polar surface area (TPSA) is 101 Å². The van der Waals surface area contributed by atoms with Gasteiger partial charge in [0.15, 0.2) is 11.6 Å². The summed E-state index contributed by atoms with van der Waals surface area (Å²) in [5, 5.41) is 22.1. The number of Topliss-reactive ketones (excluding diaryl/α,β-unsaturated/α-hetero) is 2. The number of esters is 1. The summed E-state index contributed by atoms with van der Waals surface area (Å²) in [5.41, 5.74) is 0.972. The second kappa shape index (κ2) is 9.93. The number of allylic oxidation sites excluding steroid dienone is 4. The first kappa shape index (κ1) is 26.9. The highest BCUT2D eigenvalue weighted by Gasteiger charge is 2.44. The summed E-state index contributed by atoms with van der Waals surface area (Å²) in [4.78, 5) is 40.3. The van der Waals surface area contributed by atoms with Crippen LogP contribution in [0.3, 0.4) is 0 Å². The summed E-state index contributed by atoms with van der Waals surface area (Å²) in [7, 11) is 0. The maximum absolute atomic E-state index is 13.4. The highest BCUT2D eigenvalue weighted by molar-refractivity contribution is 7.15. The molecule has 0 saturated carbocycles. The van der Waals surface area contributed by atoms with E-state index in [9.17, 15) is 24.6 Å². The molecule has 4 rings (SSSR count). The number of carbonyl (C=O) groups is 3. The van der Waals surface area contributed by atoms with Gasteiger partial charge in [-0.15, -0.1) is 11.3 Å². The van der Waals surface area contributed by atoms with Crippen molar-refractivity contribution in [1.29, 1.82) is 0 Å². The lowest BCUT2D eigenvalue weighted by Crippen LogP contribution is -2.33. The Morgan fingerprint density at radius 3 is 1.84 bits per heavy atom. The Balaban J connectivity index is 1.80. The van der Waals surface area contributed by atoms with Crippen LogP contribution in [0, 0.1) is 10.8 Å². The van der Waals surface area contributed by atoms with Crippen molar-refractivity contribution in [3.05, 3.63) is 69.5 Å². The monoisotopic (exact) mass is 522 g/mol. The van der Waals surface area contributed by atoms with Gasteiger partial charge in [0, 0.05) is 46.6 Å². The Hall–Kier alpha value is -3.19. The molecule has 2 aliphatic rings. The minimum absolute atomic E-state index is 0.0158. The molecular weight excluding hydrogens is 488 g/mol. The first-order chi connectivity index (χ1) is 17.3. The van der Waals surface area contributed by atoms with Crippen LogP contribution in [0.4, 0.5) is 0 Å². The predicted octanol–water partition coefficient (Wildman–Crippen LogP) is 7.08. The molecule has 2 N–H and O–H groups in total. The predicted molar refractivity (Wildman–Crippen MR) is 144 cm³/mol. The Labute approximate surface area is 221 Å². The standard InChI is InChI=1S/C30H34O6S/c1-6-36-28(35)18-9-7-17(8-10-18)23-11-12-24(37-23)27(25-19(31)13-29(2,3)14-20(25)32)26-21(33)15-30(4,5)16-22(26)34/h7-12,27,31,33H,6,13-16H2,1-5H3. The average Bonchev–Trinajstić information content (AvgIpc) is 3.25. The largest absolute Gasteiger partial charge is 0.512 e. The zero-order valence-electron chi connectivity index (χ0n) is 22.0. The van der Waals surface area contributed by atoms with Gasteiger partial charge in [0.05, 0.1) is 18.1 Å². The van der Waals surface area contributed by atoms with Crippen LogP contribution in [0.2, 0.25) is 0 Å². The second-order valence-electron chi connectivity index (χ2n) is 11.5. The summed E-state index contributed by atoms with van der Waals surface area (Å²) < 4.78 is 5.06. The Bertz CT molecular complexity index is 1250. The van der Waals surface area contributed by atoms with E-state index in [0.29, 0.717) is 29.9 Å². The number of ether oxygens (including phenoxy) is 1. The first-order valence-electron chi connectivity index (χ1n) is 12.6. The molecule has 0 aliphatic heterocycles. The third kappa shape index (κ3) is 5.57. The average molecular weight is 523 g/mol. The molecular formula is C30H34O6S. The Morgan fingerprint density at radius 2 is 1.38 bits per heavy atom. The van der Waals surface area contributed by atoms with Gasteiger partial charge in [-0.1, -0.05) is 39.8 Å². The number of rotatable bonds is 6. The Morgan fingerprint density at radius 1 is 0.865 bits per heavy atom. The van der Waals surface area contributed by atoms with Crippen molar-refractivity contribution in [2.24, 2.45) is 10.8 Å². The number of hydrogen-bond donors (Lipinski definition) is 2. The smallest absolute Gasteiger partial charge is 0.338 e. The van der Waals surface area contributed by atoms with Crippen LogP contribution in [0.25, 0.3) is 10.4 Å². The minimum Gasteiger partial charge on any atom is -0.512 e. The summed E-state index contributed by atoms with van der Waals surface area (Å²) in [5.74, 6) is -1.65. The van der Waals surface area contributed by atoms with Gasteiger partial charge in [0.25, 0.3) is 0 Å². The number of benzene rings is 1. The van der Waals surface area contributed by atoms with E-state index in [2.05, 4.69) is 0 Å². The van der Waals surface area contributed by atoms with E-state index >= 15 is 0 Å². The van der Waals surface area contributed by atoms with Crippen molar-refractivity contribution in [2.75, 3.05) is 6.61 Å². The van der Waals surface area contributed by atoms with E-state index in [-0.39, 0.29) is 63.9 Å². The lowest BCUT2D eigenvalue weighted by molar-refractivity contribution is -0.119. The number of ketones is 2. The molecule has 7 heteroatoms. The van der Waals surface area contributed by atoms with Gasteiger partial charge in [0.1, 0.15) is 11.5 Å². The number of hydrogen-bond acceptors (Lipinski definition) is 7. The zero-order chi connectivity index (χ0) is 27.1. The molecule has 0 saturated heterocycles. The van der Waals surface area contributed by atoms with Crippen molar-refractivity contribution in [3.8, 4) is 10.4 Å². The molecule has 1 aromatic carbocycles. The van der Waals surface area contributed by atoms with Crippen molar-refractivity contribution < 1.29 is 29.3 Å². The summed E-state index contributed by atoms with van der Waals surface area (Å²) in [6.45, 7) is 9.78. The van der Waals surface area contributed by atoms with Gasteiger partial charge < -0.3 is 14.9 Å². The van der Waals surface area contributed by atoms with Gasteiger partial charge in [-0.05, 0) is 47.6 Å². The molecule has 0 amide bonds. The quantitative estimate of drug-likeness (QED) is 0.393.